The summed E-state index contributed by atoms with van der Waals surface area (Å²) in [5, 5.41) is -0.0935. The van der Waals surface area contributed by atoms with E-state index in [9.17, 15) is 13.0 Å². The zero-order valence-corrected chi connectivity index (χ0v) is 19.5. The number of rotatable bonds is 4. The van der Waals surface area contributed by atoms with Crippen molar-refractivity contribution in [1.82, 2.24) is 0 Å². The first-order valence-electron chi connectivity index (χ1n) is 9.86. The third-order valence-electron chi connectivity index (χ3n) is 5.11. The van der Waals surface area contributed by atoms with Gasteiger partial charge in [0, 0.05) is 16.7 Å². The van der Waals surface area contributed by atoms with E-state index in [1.807, 2.05) is 16.2 Å². The molecule has 0 N–H and O–H groups in total. The quantitative estimate of drug-likeness (QED) is 0.236. The molecule has 0 fully saturated rings. The summed E-state index contributed by atoms with van der Waals surface area (Å²) in [7, 11) is -2.22. The first-order chi connectivity index (χ1) is 14.8. The molecular weight excluding hydrogens is 423 g/mol. The van der Waals surface area contributed by atoms with Gasteiger partial charge < -0.3 is 4.55 Å². The van der Waals surface area contributed by atoms with Crippen LogP contribution in [0, 0.1) is 6.92 Å². The second kappa shape index (κ2) is 10.0. The first-order valence-corrected chi connectivity index (χ1v) is 12.0. The molecule has 31 heavy (non-hydrogen) atoms. The van der Waals surface area contributed by atoms with E-state index in [-0.39, 0.29) is 10.1 Å². The second-order valence-electron chi connectivity index (χ2n) is 7.27. The highest BCUT2D eigenvalue weighted by Gasteiger charge is 2.36. The Morgan fingerprint density at radius 1 is 0.613 bits per heavy atom. The van der Waals surface area contributed by atoms with Crippen LogP contribution in [-0.2, 0) is 15.3 Å². The average Bonchev–Trinajstić information content (AvgIpc) is 2.80. The molecule has 0 aromatic heterocycles. The normalized spacial score (nSPS) is 11.4. The van der Waals surface area contributed by atoms with Crippen molar-refractivity contribution in [2.75, 3.05) is 0 Å². The van der Waals surface area contributed by atoms with Crippen molar-refractivity contribution in [2.45, 2.75) is 17.0 Å². The maximum atomic E-state index is 10.4. The highest BCUT2D eigenvalue weighted by Crippen LogP contribution is 2.44. The number of hydrogen-bond acceptors (Lipinski definition) is 3. The van der Waals surface area contributed by atoms with Crippen molar-refractivity contribution in [3.8, 4) is 0 Å². The third-order valence-corrected chi connectivity index (χ3v) is 7.18. The molecule has 0 aliphatic rings. The van der Waals surface area contributed by atoms with Crippen molar-refractivity contribution >= 4 is 19.4 Å². The van der Waals surface area contributed by atoms with Gasteiger partial charge in [-0.3, -0.25) is 0 Å². The summed E-state index contributed by atoms with van der Waals surface area (Å²) in [5.41, 5.74) is 4.92. The Labute approximate surface area is 186 Å². The molecule has 0 saturated heterocycles. The fraction of sp³-hybridized carbons (Fsp3) is 0.0769. The average molecular weight is 449 g/mol. The number of benzene rings is 4. The topological polar surface area (TPSA) is 57.2 Å². The van der Waals surface area contributed by atoms with Crippen molar-refractivity contribution in [2.24, 2.45) is 0 Å². The zero-order valence-electron chi connectivity index (χ0n) is 17.3. The Bertz CT molecular complexity index is 1100. The van der Waals surface area contributed by atoms with Crippen LogP contribution in [-0.4, -0.2) is 13.0 Å². The predicted octanol–water partition coefficient (Wildman–Crippen LogP) is 5.49. The standard InChI is InChI=1S/C19H17P.C7H8O3S/c20-19(16-10-4-1-5-11-16,17-12-6-2-7-13-17)18-14-8-3-9-15-18;1-6-2-4-7(5-3-6)11(8,9)10/h1-15H,20H2;2-5H,1H3,(H,8,9,10). The van der Waals surface area contributed by atoms with Gasteiger partial charge in [-0.25, -0.2) is 8.42 Å². The lowest BCUT2D eigenvalue weighted by Gasteiger charge is -2.26. The summed E-state index contributed by atoms with van der Waals surface area (Å²) >= 11 is 0. The van der Waals surface area contributed by atoms with Gasteiger partial charge in [-0.05, 0) is 28.3 Å². The fourth-order valence-corrected chi connectivity index (χ4v) is 4.55. The molecule has 0 bridgehead atoms. The molecule has 0 aliphatic carbocycles. The Kier molecular flexibility index (Phi) is 7.40. The predicted molar refractivity (Wildman–Crippen MR) is 129 cm³/mol. The van der Waals surface area contributed by atoms with E-state index < -0.39 is 10.1 Å². The van der Waals surface area contributed by atoms with Crippen LogP contribution >= 0.6 is 9.24 Å². The highest BCUT2D eigenvalue weighted by atomic mass is 32.2. The van der Waals surface area contributed by atoms with Gasteiger partial charge in [0.05, 0.1) is 4.90 Å². The van der Waals surface area contributed by atoms with Crippen LogP contribution in [0.15, 0.2) is 120 Å². The van der Waals surface area contributed by atoms with Crippen molar-refractivity contribution in [1.29, 1.82) is 0 Å². The maximum absolute atomic E-state index is 10.4. The van der Waals surface area contributed by atoms with Gasteiger partial charge in [-0.2, -0.15) is 0 Å². The molecule has 0 aliphatic heterocycles. The minimum Gasteiger partial charge on any atom is -0.744 e. The van der Waals surface area contributed by atoms with E-state index in [0.29, 0.717) is 0 Å². The van der Waals surface area contributed by atoms with Crippen LogP contribution in [0.5, 0.6) is 0 Å². The molecule has 4 aromatic carbocycles. The Hall–Kier alpha value is -2.78. The van der Waals surface area contributed by atoms with E-state index in [1.165, 1.54) is 28.8 Å². The summed E-state index contributed by atoms with van der Waals surface area (Å²) in [5.74, 6) is 0. The highest BCUT2D eigenvalue weighted by molar-refractivity contribution is 7.85. The molecule has 0 radical (unpaired) electrons. The molecule has 0 spiro atoms. The van der Waals surface area contributed by atoms with E-state index in [0.717, 1.165) is 5.56 Å². The van der Waals surface area contributed by atoms with Crippen molar-refractivity contribution < 1.29 is 13.0 Å². The SMILES string of the molecule is Cc1ccc(S(=O)(=O)[O-])cc1.[PH3+]C(c1ccccc1)(c1ccccc1)c1ccccc1. The molecule has 4 aromatic rings. The van der Waals surface area contributed by atoms with Crippen molar-refractivity contribution in [3.05, 3.63) is 138 Å². The molecule has 0 amide bonds. The largest absolute Gasteiger partial charge is 0.744 e. The van der Waals surface area contributed by atoms with Gasteiger partial charge in [-0.1, -0.05) is 109 Å². The lowest BCUT2D eigenvalue weighted by Crippen LogP contribution is -2.21. The van der Waals surface area contributed by atoms with Gasteiger partial charge in [0.1, 0.15) is 15.3 Å². The van der Waals surface area contributed by atoms with Gasteiger partial charge >= 0.3 is 0 Å². The van der Waals surface area contributed by atoms with E-state index in [2.05, 4.69) is 91.0 Å². The van der Waals surface area contributed by atoms with Crippen LogP contribution in [0.25, 0.3) is 0 Å². The fourth-order valence-electron chi connectivity index (χ4n) is 3.37. The molecule has 1 atom stereocenters. The second-order valence-corrected chi connectivity index (χ2v) is 9.71. The molecule has 3 nitrogen and oxygen atoms in total. The molecule has 0 heterocycles. The minimum absolute atomic E-state index is 0.0935. The van der Waals surface area contributed by atoms with Gasteiger partial charge in [0.25, 0.3) is 0 Å². The van der Waals surface area contributed by atoms with Crippen LogP contribution < -0.4 is 0 Å². The monoisotopic (exact) mass is 448 g/mol. The maximum Gasteiger partial charge on any atom is 0.147 e. The zero-order chi connectivity index (χ0) is 22.3. The Morgan fingerprint density at radius 3 is 1.23 bits per heavy atom. The first kappa shape index (κ1) is 22.9. The summed E-state index contributed by atoms with van der Waals surface area (Å²) in [6.45, 7) is 1.82. The summed E-state index contributed by atoms with van der Waals surface area (Å²) in [6.07, 6.45) is 0. The van der Waals surface area contributed by atoms with Crippen molar-refractivity contribution in [3.63, 3.8) is 0 Å². The van der Waals surface area contributed by atoms with Crippen LogP contribution in [0.2, 0.25) is 0 Å². The molecule has 0 saturated carbocycles. The minimum atomic E-state index is -4.27. The summed E-state index contributed by atoms with van der Waals surface area (Å²) in [4.78, 5) is -0.178. The van der Waals surface area contributed by atoms with E-state index in [1.54, 1.807) is 12.1 Å². The summed E-state index contributed by atoms with van der Waals surface area (Å²) in [6, 6.07) is 38.0. The summed E-state index contributed by atoms with van der Waals surface area (Å²) < 4.78 is 31.2. The van der Waals surface area contributed by atoms with Crippen LogP contribution in [0.3, 0.4) is 0 Å². The van der Waals surface area contributed by atoms with E-state index >= 15 is 0 Å². The Balaban J connectivity index is 0.000000210. The molecule has 5 heteroatoms. The lowest BCUT2D eigenvalue weighted by atomic mass is 9.84. The molecule has 158 valence electrons. The van der Waals surface area contributed by atoms with E-state index in [4.69, 9.17) is 0 Å². The van der Waals surface area contributed by atoms with Crippen LogP contribution in [0.1, 0.15) is 22.3 Å². The molecular formula is C26H25O3PS. The number of aryl methyl sites for hydroxylation is 1. The van der Waals surface area contributed by atoms with Crippen LogP contribution in [0.4, 0.5) is 0 Å². The van der Waals surface area contributed by atoms with Gasteiger partial charge in [-0.15, -0.1) is 0 Å². The van der Waals surface area contributed by atoms with Gasteiger partial charge in [0.2, 0.25) is 0 Å². The third kappa shape index (κ3) is 5.68. The number of hydrogen-bond donors (Lipinski definition) is 0. The molecule has 1 unspecified atom stereocenters. The molecule has 4 rings (SSSR count). The lowest BCUT2D eigenvalue weighted by molar-refractivity contribution is 0.463. The Morgan fingerprint density at radius 2 is 0.935 bits per heavy atom. The van der Waals surface area contributed by atoms with Gasteiger partial charge in [0.15, 0.2) is 0 Å². The smallest absolute Gasteiger partial charge is 0.147 e.